The number of aliphatic imine (C=N–C) groups is 1. The molecule has 5 amide bonds. The summed E-state index contributed by atoms with van der Waals surface area (Å²) in [5, 5.41) is 50.2. The van der Waals surface area contributed by atoms with E-state index in [1.54, 1.807) is 30.3 Å². The fraction of sp³-hybridized carbons (Fsp3) is 0.412. The highest BCUT2D eigenvalue weighted by molar-refractivity contribution is 5.99. The molecule has 0 saturated carbocycles. The van der Waals surface area contributed by atoms with Crippen LogP contribution < -0.4 is 38.1 Å². The molecule has 0 spiro atoms. The first-order chi connectivity index (χ1) is 27.0. The molecule has 0 aliphatic rings. The summed E-state index contributed by atoms with van der Waals surface area (Å²) in [5.74, 6) is -8.33. The van der Waals surface area contributed by atoms with E-state index in [2.05, 4.69) is 31.6 Å². The van der Waals surface area contributed by atoms with Gasteiger partial charge in [0.2, 0.25) is 29.5 Å². The minimum atomic E-state index is -5.08. The number of aliphatic carboxylic acids is 2. The van der Waals surface area contributed by atoms with Gasteiger partial charge in [0.15, 0.2) is 5.96 Å². The number of carboxylic acid groups (broad SMARTS) is 2. The van der Waals surface area contributed by atoms with Gasteiger partial charge in [-0.1, -0.05) is 30.3 Å². The Hall–Kier alpha value is -6.85. The molecule has 0 aliphatic heterocycles. The lowest BCUT2D eigenvalue weighted by atomic mass is 10.0. The highest BCUT2D eigenvalue weighted by Gasteiger charge is 2.38. The van der Waals surface area contributed by atoms with E-state index in [0.29, 0.717) is 5.56 Å². The van der Waals surface area contributed by atoms with Crippen LogP contribution in [0.2, 0.25) is 0 Å². The SMILES string of the molecule is CC(=O)N[C@@H](CCCN=C(N)N)C(=O)N[C@@H](CCC(=O)O)C(=O)N[C@H](C(=O)N[C@@H](Cc1ccccc1)C(=O)Nc1ccc([N+](=O)[O-])cc1)[C@@H](C)O.O=C(O)C(F)(F)F. The Kier molecular flexibility index (Phi) is 20.3. The number of nitro benzene ring substituents is 1. The molecule has 24 heteroatoms. The summed E-state index contributed by atoms with van der Waals surface area (Å²) in [4.78, 5) is 99.8. The molecule has 0 unspecified atom stereocenters. The predicted octanol–water partition coefficient (Wildman–Crippen LogP) is -0.332. The van der Waals surface area contributed by atoms with Gasteiger partial charge in [0.25, 0.3) is 5.69 Å². The normalized spacial score (nSPS) is 13.3. The molecule has 58 heavy (non-hydrogen) atoms. The number of hydrogen-bond donors (Lipinski definition) is 10. The van der Waals surface area contributed by atoms with Gasteiger partial charge in [0.05, 0.1) is 11.0 Å². The number of non-ortho nitro benzene ring substituents is 1. The number of carboxylic acids is 2. The molecule has 0 aliphatic carbocycles. The van der Waals surface area contributed by atoms with E-state index in [9.17, 15) is 62.3 Å². The largest absolute Gasteiger partial charge is 0.490 e. The summed E-state index contributed by atoms with van der Waals surface area (Å²) in [6.45, 7) is 2.51. The molecular formula is C34H44F3N9O12. The third kappa shape index (κ3) is 19.1. The molecule has 0 radical (unpaired) electrons. The number of carbonyl (C=O) groups excluding carboxylic acids is 5. The summed E-state index contributed by atoms with van der Waals surface area (Å²) in [5.41, 5.74) is 11.3. The summed E-state index contributed by atoms with van der Waals surface area (Å²) in [6.07, 6.45) is -7.33. The Labute approximate surface area is 328 Å². The quantitative estimate of drug-likeness (QED) is 0.0269. The van der Waals surface area contributed by atoms with Gasteiger partial charge in [-0.15, -0.1) is 0 Å². The molecule has 2 aromatic rings. The number of nitrogens with zero attached hydrogens (tertiary/aromatic N) is 2. The maximum Gasteiger partial charge on any atom is 0.490 e. The third-order valence-corrected chi connectivity index (χ3v) is 7.49. The number of aliphatic hydroxyl groups excluding tert-OH is 1. The van der Waals surface area contributed by atoms with E-state index < -0.39 is 95.7 Å². The summed E-state index contributed by atoms with van der Waals surface area (Å²) >= 11 is 0. The lowest BCUT2D eigenvalue weighted by Gasteiger charge is -2.27. The Balaban J connectivity index is 0.00000219. The zero-order valence-corrected chi connectivity index (χ0v) is 31.0. The summed E-state index contributed by atoms with van der Waals surface area (Å²) in [7, 11) is 0. The molecule has 0 bridgehead atoms. The van der Waals surface area contributed by atoms with E-state index in [0.717, 1.165) is 0 Å². The minimum absolute atomic E-state index is 0.0309. The highest BCUT2D eigenvalue weighted by atomic mass is 19.4. The average Bonchev–Trinajstić information content (AvgIpc) is 3.13. The van der Waals surface area contributed by atoms with Gasteiger partial charge >= 0.3 is 18.1 Å². The van der Waals surface area contributed by atoms with Crippen LogP contribution in [0.25, 0.3) is 0 Å². The van der Waals surface area contributed by atoms with Crippen LogP contribution in [0.4, 0.5) is 24.5 Å². The van der Waals surface area contributed by atoms with Crippen molar-refractivity contribution >= 4 is 58.8 Å². The molecule has 21 nitrogen and oxygen atoms in total. The number of nitro groups is 1. The number of anilines is 1. The number of halogens is 3. The van der Waals surface area contributed by atoms with Crippen molar-refractivity contribution in [1.82, 2.24) is 21.3 Å². The van der Waals surface area contributed by atoms with Crippen LogP contribution in [0, 0.1) is 10.1 Å². The Bertz CT molecular complexity index is 1780. The number of hydrogen-bond acceptors (Lipinski definition) is 11. The maximum atomic E-state index is 13.5. The summed E-state index contributed by atoms with van der Waals surface area (Å²) in [6, 6.07) is 7.94. The number of aliphatic hydroxyl groups is 1. The van der Waals surface area contributed by atoms with E-state index >= 15 is 0 Å². The molecule has 5 atom stereocenters. The van der Waals surface area contributed by atoms with Gasteiger partial charge in [-0.2, -0.15) is 13.2 Å². The number of carbonyl (C=O) groups is 7. The minimum Gasteiger partial charge on any atom is -0.481 e. The fourth-order valence-electron chi connectivity index (χ4n) is 4.70. The van der Waals surface area contributed by atoms with Crippen LogP contribution in [0.3, 0.4) is 0 Å². The van der Waals surface area contributed by atoms with E-state index in [1.165, 1.54) is 38.1 Å². The van der Waals surface area contributed by atoms with Crippen molar-refractivity contribution in [3.05, 3.63) is 70.3 Å². The molecule has 318 valence electrons. The van der Waals surface area contributed by atoms with Crippen LogP contribution in [0.1, 0.15) is 45.1 Å². The van der Waals surface area contributed by atoms with Crippen LogP contribution in [-0.2, 0) is 40.0 Å². The first-order valence-electron chi connectivity index (χ1n) is 17.0. The van der Waals surface area contributed by atoms with Crippen molar-refractivity contribution in [2.45, 2.75) is 82.4 Å². The van der Waals surface area contributed by atoms with Crippen LogP contribution in [-0.4, -0.2) is 111 Å². The fourth-order valence-corrected chi connectivity index (χ4v) is 4.70. The first-order valence-corrected chi connectivity index (χ1v) is 17.0. The van der Waals surface area contributed by atoms with Crippen LogP contribution in [0.5, 0.6) is 0 Å². The van der Waals surface area contributed by atoms with E-state index in [1.807, 2.05) is 0 Å². The molecule has 0 saturated heterocycles. The average molecular weight is 828 g/mol. The topological polar surface area (TPSA) is 348 Å². The lowest BCUT2D eigenvalue weighted by molar-refractivity contribution is -0.384. The second-order valence-corrected chi connectivity index (χ2v) is 12.3. The Morgan fingerprint density at radius 3 is 1.83 bits per heavy atom. The van der Waals surface area contributed by atoms with Gasteiger partial charge in [-0.25, -0.2) is 4.79 Å². The molecule has 12 N–H and O–H groups in total. The lowest BCUT2D eigenvalue weighted by Crippen LogP contribution is -2.60. The molecular weight excluding hydrogens is 783 g/mol. The number of guanidine groups is 1. The van der Waals surface area contributed by atoms with Crippen molar-refractivity contribution in [3.8, 4) is 0 Å². The highest BCUT2D eigenvalue weighted by Crippen LogP contribution is 2.17. The van der Waals surface area contributed by atoms with Crippen LogP contribution in [0.15, 0.2) is 59.6 Å². The maximum absolute atomic E-state index is 13.5. The molecule has 0 aromatic heterocycles. The predicted molar refractivity (Wildman–Crippen MR) is 197 cm³/mol. The molecule has 0 heterocycles. The van der Waals surface area contributed by atoms with Gasteiger partial charge in [0, 0.05) is 44.1 Å². The van der Waals surface area contributed by atoms with E-state index in [4.69, 9.17) is 21.4 Å². The van der Waals surface area contributed by atoms with Gasteiger partial charge < -0.3 is 53.4 Å². The smallest absolute Gasteiger partial charge is 0.481 e. The number of alkyl halides is 3. The number of nitrogens with two attached hydrogens (primary N) is 2. The van der Waals surface area contributed by atoms with Crippen molar-refractivity contribution in [2.24, 2.45) is 16.5 Å². The van der Waals surface area contributed by atoms with Crippen molar-refractivity contribution in [3.63, 3.8) is 0 Å². The Morgan fingerprint density at radius 1 is 0.810 bits per heavy atom. The van der Waals surface area contributed by atoms with E-state index in [-0.39, 0.29) is 43.1 Å². The first kappa shape index (κ1) is 49.2. The molecule has 2 rings (SSSR count). The second-order valence-electron chi connectivity index (χ2n) is 12.3. The molecule has 2 aromatic carbocycles. The van der Waals surface area contributed by atoms with Crippen LogP contribution >= 0.6 is 0 Å². The monoisotopic (exact) mass is 827 g/mol. The van der Waals surface area contributed by atoms with Crippen molar-refractivity contribution < 1.29 is 67.0 Å². The number of rotatable bonds is 20. The number of benzene rings is 2. The standard InChI is InChI=1S/C32H43N9O10.C2HF3O2/c1-18(42)27(40-29(47)24(14-15-26(44)45)38-28(46)23(36-19(2)43)9-6-16-35-32(33)34)31(49)39-25(17-20-7-4-3-5-8-20)30(48)37-21-10-12-22(13-11-21)41(50)51;3-2(4,5)1(6)7/h3-5,7-8,10-13,18,23-25,27,42H,6,9,14-17H2,1-2H3,(H,36,43)(H,37,48)(H,38,46)(H,39,49)(H,40,47)(H,44,45)(H4,33,34,35);(H,6,7)/t18-,23+,24+,25+,27+;/m1./s1. The zero-order chi connectivity index (χ0) is 44.2. The van der Waals surface area contributed by atoms with Gasteiger partial charge in [-0.3, -0.25) is 43.9 Å². The third-order valence-electron chi connectivity index (χ3n) is 7.49. The van der Waals surface area contributed by atoms with Gasteiger partial charge in [-0.05, 0) is 43.9 Å². The van der Waals surface area contributed by atoms with Gasteiger partial charge in [0.1, 0.15) is 24.2 Å². The molecule has 0 fully saturated rings. The number of nitrogens with one attached hydrogen (secondary N) is 5. The van der Waals surface area contributed by atoms with Crippen molar-refractivity contribution in [1.29, 1.82) is 0 Å². The summed E-state index contributed by atoms with van der Waals surface area (Å²) < 4.78 is 31.7. The van der Waals surface area contributed by atoms with Crippen molar-refractivity contribution in [2.75, 3.05) is 11.9 Å². The zero-order valence-electron chi connectivity index (χ0n) is 31.0. The number of amides is 5. The Morgan fingerprint density at radius 2 is 1.34 bits per heavy atom. The second kappa shape index (κ2) is 23.9.